The summed E-state index contributed by atoms with van der Waals surface area (Å²) in [6, 6.07) is 0.418. The van der Waals surface area contributed by atoms with E-state index < -0.39 is 0 Å². The van der Waals surface area contributed by atoms with E-state index in [-0.39, 0.29) is 11.8 Å². The van der Waals surface area contributed by atoms with Gasteiger partial charge in [-0.2, -0.15) is 0 Å². The Morgan fingerprint density at radius 1 is 1.22 bits per heavy atom. The average Bonchev–Trinajstić information content (AvgIpc) is 3.16. The molecule has 98 valence electrons. The van der Waals surface area contributed by atoms with Crippen molar-refractivity contribution in [3.8, 4) is 0 Å². The Kier molecular flexibility index (Phi) is 3.25. The molecule has 0 bridgehead atoms. The summed E-state index contributed by atoms with van der Waals surface area (Å²) in [5.41, 5.74) is 0. The van der Waals surface area contributed by atoms with Crippen LogP contribution in [0.3, 0.4) is 0 Å². The van der Waals surface area contributed by atoms with Crippen LogP contribution in [0, 0.1) is 5.92 Å². The van der Waals surface area contributed by atoms with Gasteiger partial charge in [-0.05, 0) is 36.1 Å². The van der Waals surface area contributed by atoms with Crippen LogP contribution in [-0.2, 0) is 11.3 Å². The number of tetrazole rings is 1. The lowest BCUT2D eigenvalue weighted by molar-refractivity contribution is -0.122. The first-order chi connectivity index (χ1) is 8.84. The van der Waals surface area contributed by atoms with Gasteiger partial charge in [-0.15, -0.1) is 5.10 Å². The van der Waals surface area contributed by atoms with Crippen LogP contribution >= 0.6 is 0 Å². The summed E-state index contributed by atoms with van der Waals surface area (Å²) in [7, 11) is 0. The van der Waals surface area contributed by atoms with Crippen LogP contribution in [0.25, 0.3) is 0 Å². The van der Waals surface area contributed by atoms with Gasteiger partial charge in [0.2, 0.25) is 5.91 Å². The molecule has 1 aromatic rings. The van der Waals surface area contributed by atoms with Crippen LogP contribution in [0.2, 0.25) is 0 Å². The largest absolute Gasteiger partial charge is 0.348 e. The van der Waals surface area contributed by atoms with E-state index in [9.17, 15) is 4.79 Å². The molecule has 3 rings (SSSR count). The number of aromatic nitrogens is 4. The van der Waals surface area contributed by atoms with Crippen LogP contribution in [0.15, 0.2) is 0 Å². The summed E-state index contributed by atoms with van der Waals surface area (Å²) in [4.78, 5) is 11.6. The van der Waals surface area contributed by atoms with Crippen molar-refractivity contribution in [2.24, 2.45) is 5.92 Å². The highest BCUT2D eigenvalue weighted by atomic mass is 16.2. The topological polar surface area (TPSA) is 72.7 Å². The zero-order valence-corrected chi connectivity index (χ0v) is 10.5. The van der Waals surface area contributed by atoms with Gasteiger partial charge in [-0.25, -0.2) is 4.68 Å². The minimum absolute atomic E-state index is 0.146. The highest BCUT2D eigenvalue weighted by Gasteiger charge is 2.29. The van der Waals surface area contributed by atoms with E-state index >= 15 is 0 Å². The zero-order valence-electron chi connectivity index (χ0n) is 10.5. The molecule has 2 aliphatic carbocycles. The minimum Gasteiger partial charge on any atom is -0.348 e. The smallest absolute Gasteiger partial charge is 0.223 e. The van der Waals surface area contributed by atoms with Gasteiger partial charge < -0.3 is 5.32 Å². The molecule has 2 saturated carbocycles. The summed E-state index contributed by atoms with van der Waals surface area (Å²) in [5, 5.41) is 14.8. The maximum atomic E-state index is 11.6. The van der Waals surface area contributed by atoms with Gasteiger partial charge in [-0.1, -0.05) is 19.3 Å². The molecule has 0 radical (unpaired) electrons. The van der Waals surface area contributed by atoms with E-state index in [0.717, 1.165) is 31.5 Å². The fourth-order valence-electron chi connectivity index (χ4n) is 2.59. The van der Waals surface area contributed by atoms with Gasteiger partial charge in [0.1, 0.15) is 0 Å². The van der Waals surface area contributed by atoms with Crippen molar-refractivity contribution in [3.63, 3.8) is 0 Å². The minimum atomic E-state index is 0.146. The molecule has 1 N–H and O–H groups in total. The summed E-state index contributed by atoms with van der Waals surface area (Å²) in [6.45, 7) is 0.457. The molecule has 6 heteroatoms. The second-order valence-electron chi connectivity index (χ2n) is 5.32. The molecule has 0 atom stereocenters. The summed E-state index contributed by atoms with van der Waals surface area (Å²) in [6.07, 6.45) is 8.16. The monoisotopic (exact) mass is 249 g/mol. The van der Waals surface area contributed by atoms with E-state index in [2.05, 4.69) is 20.8 Å². The molecular formula is C12H19N5O. The fraction of sp³-hybridized carbons (Fsp3) is 0.833. The molecule has 1 heterocycles. The molecule has 0 saturated heterocycles. The number of carbonyl (C=O) groups is 1. The lowest BCUT2D eigenvalue weighted by Gasteiger charge is -2.22. The van der Waals surface area contributed by atoms with E-state index in [1.165, 1.54) is 19.3 Å². The highest BCUT2D eigenvalue weighted by molar-refractivity contribution is 5.80. The van der Waals surface area contributed by atoms with Gasteiger partial charge in [-0.3, -0.25) is 4.79 Å². The van der Waals surface area contributed by atoms with E-state index in [4.69, 9.17) is 0 Å². The zero-order chi connectivity index (χ0) is 12.4. The third-order valence-electron chi connectivity index (χ3n) is 3.85. The van der Waals surface area contributed by atoms with Crippen molar-refractivity contribution in [1.82, 2.24) is 25.5 Å². The SMILES string of the molecule is O=C(NCc1nnnn1C1CCCCC1)C1CC1. The summed E-state index contributed by atoms with van der Waals surface area (Å²) in [5.74, 6) is 1.17. The van der Waals surface area contributed by atoms with Crippen molar-refractivity contribution in [2.75, 3.05) is 0 Å². The second-order valence-corrected chi connectivity index (χ2v) is 5.32. The standard InChI is InChI=1S/C12H19N5O/c18-12(9-6-7-9)13-8-11-14-15-16-17(11)10-4-2-1-3-5-10/h9-10H,1-8H2,(H,13,18). The van der Waals surface area contributed by atoms with Crippen LogP contribution in [0.1, 0.15) is 56.8 Å². The van der Waals surface area contributed by atoms with E-state index in [0.29, 0.717) is 12.6 Å². The van der Waals surface area contributed by atoms with Gasteiger partial charge in [0.25, 0.3) is 0 Å². The third kappa shape index (κ3) is 2.52. The Labute approximate surface area is 106 Å². The Balaban J connectivity index is 1.61. The highest BCUT2D eigenvalue weighted by Crippen LogP contribution is 2.29. The molecule has 0 aliphatic heterocycles. The fourth-order valence-corrected chi connectivity index (χ4v) is 2.59. The van der Waals surface area contributed by atoms with Crippen molar-refractivity contribution < 1.29 is 4.79 Å². The number of carbonyl (C=O) groups excluding carboxylic acids is 1. The lowest BCUT2D eigenvalue weighted by Crippen LogP contribution is -2.27. The first kappa shape index (κ1) is 11.6. The van der Waals surface area contributed by atoms with Crippen LogP contribution < -0.4 is 5.32 Å². The van der Waals surface area contributed by atoms with Gasteiger partial charge >= 0.3 is 0 Å². The Morgan fingerprint density at radius 2 is 2.00 bits per heavy atom. The molecule has 1 aromatic heterocycles. The van der Waals surface area contributed by atoms with Crippen molar-refractivity contribution in [3.05, 3.63) is 5.82 Å². The predicted molar refractivity (Wildman–Crippen MR) is 64.5 cm³/mol. The average molecular weight is 249 g/mol. The second kappa shape index (κ2) is 5.04. The Hall–Kier alpha value is -1.46. The molecular weight excluding hydrogens is 230 g/mol. The van der Waals surface area contributed by atoms with Crippen molar-refractivity contribution in [2.45, 2.75) is 57.5 Å². The molecule has 0 aromatic carbocycles. The first-order valence-corrected chi connectivity index (χ1v) is 6.89. The van der Waals surface area contributed by atoms with E-state index in [1.54, 1.807) is 0 Å². The van der Waals surface area contributed by atoms with Gasteiger partial charge in [0.15, 0.2) is 5.82 Å². The number of rotatable bonds is 4. The van der Waals surface area contributed by atoms with Crippen LogP contribution in [0.5, 0.6) is 0 Å². The number of nitrogens with one attached hydrogen (secondary N) is 1. The molecule has 0 spiro atoms. The summed E-state index contributed by atoms with van der Waals surface area (Å²) < 4.78 is 1.91. The number of amides is 1. The Morgan fingerprint density at radius 3 is 2.72 bits per heavy atom. The van der Waals surface area contributed by atoms with Crippen molar-refractivity contribution >= 4 is 5.91 Å². The van der Waals surface area contributed by atoms with E-state index in [1.807, 2.05) is 4.68 Å². The van der Waals surface area contributed by atoms with Crippen molar-refractivity contribution in [1.29, 1.82) is 0 Å². The van der Waals surface area contributed by atoms with Gasteiger partial charge in [0, 0.05) is 5.92 Å². The Bertz CT molecular complexity index is 420. The van der Waals surface area contributed by atoms with Gasteiger partial charge in [0.05, 0.1) is 12.6 Å². The molecule has 0 unspecified atom stereocenters. The first-order valence-electron chi connectivity index (χ1n) is 6.89. The van der Waals surface area contributed by atoms with Crippen LogP contribution in [-0.4, -0.2) is 26.1 Å². The molecule has 18 heavy (non-hydrogen) atoms. The normalized spacial score (nSPS) is 20.9. The molecule has 2 aliphatic rings. The number of hydrogen-bond acceptors (Lipinski definition) is 4. The number of nitrogens with zero attached hydrogens (tertiary/aromatic N) is 4. The number of hydrogen-bond donors (Lipinski definition) is 1. The predicted octanol–water partition coefficient (Wildman–Crippen LogP) is 1.20. The van der Waals surface area contributed by atoms with Crippen LogP contribution in [0.4, 0.5) is 0 Å². The molecule has 6 nitrogen and oxygen atoms in total. The quantitative estimate of drug-likeness (QED) is 0.870. The maximum absolute atomic E-state index is 11.6. The molecule has 2 fully saturated rings. The lowest BCUT2D eigenvalue weighted by atomic mass is 9.95. The molecule has 1 amide bonds. The summed E-state index contributed by atoms with van der Waals surface area (Å²) >= 11 is 0. The third-order valence-corrected chi connectivity index (χ3v) is 3.85. The maximum Gasteiger partial charge on any atom is 0.223 e.